The van der Waals surface area contributed by atoms with E-state index in [2.05, 4.69) is 20.8 Å². The van der Waals surface area contributed by atoms with Crippen LogP contribution in [0.15, 0.2) is 0 Å². The maximum Gasteiger partial charge on any atom is 0.306 e. The third kappa shape index (κ3) is 1.78. The smallest absolute Gasteiger partial charge is 0.306 e. The Morgan fingerprint density at radius 3 is 2.67 bits per heavy atom. The van der Waals surface area contributed by atoms with Crippen molar-refractivity contribution in [2.75, 3.05) is 6.61 Å². The molecule has 3 nitrogen and oxygen atoms in total. The first-order valence-corrected chi connectivity index (χ1v) is 7.23. The molecular weight excluding hydrogens is 228 g/mol. The molecule has 2 aliphatic carbocycles. The van der Waals surface area contributed by atoms with Crippen molar-refractivity contribution < 1.29 is 14.3 Å². The lowest BCUT2D eigenvalue weighted by Gasteiger charge is -2.61. The summed E-state index contributed by atoms with van der Waals surface area (Å²) < 4.78 is 11.6. The predicted molar refractivity (Wildman–Crippen MR) is 68.1 cm³/mol. The van der Waals surface area contributed by atoms with Gasteiger partial charge in [0, 0.05) is 17.9 Å². The van der Waals surface area contributed by atoms with Gasteiger partial charge in [0.15, 0.2) is 0 Å². The minimum Gasteiger partial charge on any atom is -0.461 e. The highest BCUT2D eigenvalue weighted by Gasteiger charge is 2.68. The summed E-state index contributed by atoms with van der Waals surface area (Å²) in [6.07, 6.45) is 5.74. The van der Waals surface area contributed by atoms with Crippen molar-refractivity contribution in [3.8, 4) is 0 Å². The number of rotatable bonds is 2. The Labute approximate surface area is 109 Å². The van der Waals surface area contributed by atoms with Crippen molar-refractivity contribution in [3.05, 3.63) is 0 Å². The molecule has 3 aliphatic rings. The van der Waals surface area contributed by atoms with Crippen molar-refractivity contribution in [1.82, 2.24) is 0 Å². The van der Waals surface area contributed by atoms with Gasteiger partial charge < -0.3 is 9.47 Å². The van der Waals surface area contributed by atoms with Gasteiger partial charge >= 0.3 is 5.97 Å². The molecule has 3 heteroatoms. The number of hydrogen-bond acceptors (Lipinski definition) is 3. The first-order valence-electron chi connectivity index (χ1n) is 7.23. The number of fused-ring (bicyclic) bond motifs is 2. The Morgan fingerprint density at radius 2 is 2.11 bits per heavy atom. The molecule has 102 valence electrons. The normalized spacial score (nSPS) is 36.7. The summed E-state index contributed by atoms with van der Waals surface area (Å²) in [6.45, 7) is 7.09. The lowest BCUT2D eigenvalue weighted by atomic mass is 9.47. The highest BCUT2D eigenvalue weighted by atomic mass is 16.6. The van der Waals surface area contributed by atoms with E-state index in [0.717, 1.165) is 13.0 Å². The molecule has 3 rings (SSSR count). The Balaban J connectivity index is 1.64. The molecular formula is C15H24O3. The zero-order valence-electron chi connectivity index (χ0n) is 11.7. The molecule has 3 fully saturated rings. The monoisotopic (exact) mass is 252 g/mol. The fourth-order valence-corrected chi connectivity index (χ4v) is 3.95. The molecule has 18 heavy (non-hydrogen) atoms. The highest BCUT2D eigenvalue weighted by Crippen LogP contribution is 2.64. The van der Waals surface area contributed by atoms with E-state index in [0.29, 0.717) is 18.4 Å². The van der Waals surface area contributed by atoms with Crippen LogP contribution in [0.3, 0.4) is 0 Å². The molecule has 0 bridgehead atoms. The summed E-state index contributed by atoms with van der Waals surface area (Å²) in [4.78, 5) is 12.0. The summed E-state index contributed by atoms with van der Waals surface area (Å²) in [5.74, 6) is 0.457. The van der Waals surface area contributed by atoms with E-state index in [9.17, 15) is 4.79 Å². The van der Waals surface area contributed by atoms with Crippen LogP contribution in [0, 0.1) is 16.7 Å². The minimum atomic E-state index is -0.0240. The predicted octanol–water partition coefficient (Wildman–Crippen LogP) is 2.92. The third-order valence-electron chi connectivity index (χ3n) is 4.88. The molecule has 0 unspecified atom stereocenters. The van der Waals surface area contributed by atoms with E-state index >= 15 is 0 Å². The van der Waals surface area contributed by atoms with Crippen LogP contribution in [0.5, 0.6) is 0 Å². The average molecular weight is 252 g/mol. The summed E-state index contributed by atoms with van der Waals surface area (Å²) in [5.41, 5.74) is 0.216. The third-order valence-corrected chi connectivity index (χ3v) is 4.88. The van der Waals surface area contributed by atoms with E-state index in [4.69, 9.17) is 9.47 Å². The maximum atomic E-state index is 12.0. The van der Waals surface area contributed by atoms with Gasteiger partial charge in [0.05, 0.1) is 12.5 Å². The van der Waals surface area contributed by atoms with Crippen LogP contribution >= 0.6 is 0 Å². The number of esters is 1. The van der Waals surface area contributed by atoms with Crippen LogP contribution in [-0.2, 0) is 14.3 Å². The molecule has 0 amide bonds. The Bertz CT molecular complexity index is 351. The first kappa shape index (κ1) is 12.5. The second kappa shape index (κ2) is 3.96. The van der Waals surface area contributed by atoms with E-state index in [1.165, 1.54) is 19.3 Å². The van der Waals surface area contributed by atoms with Crippen LogP contribution in [-0.4, -0.2) is 24.8 Å². The van der Waals surface area contributed by atoms with E-state index in [1.807, 2.05) is 0 Å². The van der Waals surface area contributed by atoms with Crippen molar-refractivity contribution in [2.24, 2.45) is 16.7 Å². The lowest BCUT2D eigenvalue weighted by molar-refractivity contribution is -0.249. The summed E-state index contributed by atoms with van der Waals surface area (Å²) >= 11 is 0. The maximum absolute atomic E-state index is 12.0. The molecule has 0 aromatic heterocycles. The zero-order valence-corrected chi connectivity index (χ0v) is 11.7. The molecule has 0 aromatic carbocycles. The summed E-state index contributed by atoms with van der Waals surface area (Å²) in [7, 11) is 0. The number of ether oxygens (including phenoxy) is 2. The first-order chi connectivity index (χ1) is 8.42. The Morgan fingerprint density at radius 1 is 1.39 bits per heavy atom. The second-order valence-corrected chi connectivity index (χ2v) is 7.48. The van der Waals surface area contributed by atoms with Crippen molar-refractivity contribution in [1.29, 1.82) is 0 Å². The van der Waals surface area contributed by atoms with Crippen molar-refractivity contribution in [3.63, 3.8) is 0 Å². The molecule has 0 aromatic rings. The van der Waals surface area contributed by atoms with E-state index in [1.54, 1.807) is 0 Å². The van der Waals surface area contributed by atoms with Crippen LogP contribution in [0.2, 0.25) is 0 Å². The van der Waals surface area contributed by atoms with E-state index < -0.39 is 0 Å². The van der Waals surface area contributed by atoms with Crippen LogP contribution in [0.1, 0.15) is 52.9 Å². The topological polar surface area (TPSA) is 35.5 Å². The Kier molecular flexibility index (Phi) is 2.74. The van der Waals surface area contributed by atoms with Crippen molar-refractivity contribution >= 4 is 5.97 Å². The number of hydrogen-bond donors (Lipinski definition) is 0. The van der Waals surface area contributed by atoms with Gasteiger partial charge in [-0.3, -0.25) is 4.79 Å². The largest absolute Gasteiger partial charge is 0.461 e. The molecule has 1 saturated heterocycles. The molecule has 1 heterocycles. The lowest BCUT2D eigenvalue weighted by Crippen LogP contribution is -2.67. The van der Waals surface area contributed by atoms with Crippen molar-refractivity contribution in [2.45, 2.75) is 65.1 Å². The van der Waals surface area contributed by atoms with Gasteiger partial charge in [0.1, 0.15) is 6.10 Å². The molecule has 0 N–H and O–H groups in total. The van der Waals surface area contributed by atoms with Gasteiger partial charge in [-0.1, -0.05) is 27.2 Å². The molecule has 1 spiro atoms. The van der Waals surface area contributed by atoms with Crippen LogP contribution in [0.4, 0.5) is 0 Å². The van der Waals surface area contributed by atoms with Gasteiger partial charge in [-0.05, 0) is 24.7 Å². The molecule has 0 radical (unpaired) electrons. The Hall–Kier alpha value is -0.570. The quantitative estimate of drug-likeness (QED) is 0.709. The fourth-order valence-electron chi connectivity index (χ4n) is 3.95. The van der Waals surface area contributed by atoms with Gasteiger partial charge in [0.2, 0.25) is 0 Å². The summed E-state index contributed by atoms with van der Waals surface area (Å²) in [6, 6.07) is 0. The van der Waals surface area contributed by atoms with Gasteiger partial charge in [-0.2, -0.15) is 0 Å². The summed E-state index contributed by atoms with van der Waals surface area (Å²) in [5, 5.41) is 0. The van der Waals surface area contributed by atoms with E-state index in [-0.39, 0.29) is 22.9 Å². The average Bonchev–Trinajstić information content (AvgIpc) is 2.54. The van der Waals surface area contributed by atoms with Crippen LogP contribution < -0.4 is 0 Å². The molecule has 2 saturated carbocycles. The number of carbonyl (C=O) groups is 1. The van der Waals surface area contributed by atoms with Crippen LogP contribution in [0.25, 0.3) is 0 Å². The fraction of sp³-hybridized carbons (Fsp3) is 0.933. The SMILES string of the molecule is CC(C)(C)CC(=O)O[C@@H]1[C@H]2CCO[C@@H]2C12CCC2. The second-order valence-electron chi connectivity index (χ2n) is 7.48. The molecule has 3 atom stereocenters. The van der Waals surface area contributed by atoms with Gasteiger partial charge in [0.25, 0.3) is 0 Å². The zero-order chi connectivity index (χ0) is 13.0. The molecule has 1 aliphatic heterocycles. The number of carbonyl (C=O) groups excluding carboxylic acids is 1. The van der Waals surface area contributed by atoms with Gasteiger partial charge in [-0.25, -0.2) is 0 Å². The standard InChI is InChI=1S/C15H24O3/c1-14(2,3)9-11(16)18-13-10-5-8-17-12(10)15(13)6-4-7-15/h10,12-13H,4-9H2,1-3H3/t10-,12-,13+/m0/s1. The minimum absolute atomic E-state index is 0.0131. The highest BCUT2D eigenvalue weighted by molar-refractivity contribution is 5.70. The van der Waals surface area contributed by atoms with Gasteiger partial charge in [-0.15, -0.1) is 0 Å².